The van der Waals surface area contributed by atoms with E-state index in [1.54, 1.807) is 5.38 Å². The van der Waals surface area contributed by atoms with Gasteiger partial charge in [0.2, 0.25) is 5.91 Å². The molecule has 3 rings (SSSR count). The van der Waals surface area contributed by atoms with Crippen molar-refractivity contribution in [1.29, 1.82) is 0 Å². The van der Waals surface area contributed by atoms with Crippen molar-refractivity contribution in [3.8, 4) is 10.6 Å². The molecule has 0 radical (unpaired) electrons. The van der Waals surface area contributed by atoms with E-state index in [1.807, 2.05) is 13.8 Å². The number of nitrogens with one attached hydrogen (secondary N) is 2. The molecule has 2 amide bonds. The zero-order valence-electron chi connectivity index (χ0n) is 20.5. The molecule has 0 aliphatic carbocycles. The minimum atomic E-state index is -4.38. The molecule has 2 heterocycles. The lowest BCUT2D eigenvalue weighted by molar-refractivity contribution is -0.136. The van der Waals surface area contributed by atoms with E-state index in [9.17, 15) is 36.6 Å². The van der Waals surface area contributed by atoms with Crippen molar-refractivity contribution >= 4 is 34.5 Å². The van der Waals surface area contributed by atoms with Crippen molar-refractivity contribution in [1.82, 2.24) is 20.6 Å². The van der Waals surface area contributed by atoms with E-state index in [-0.39, 0.29) is 38.9 Å². The molecule has 38 heavy (non-hydrogen) atoms. The lowest BCUT2D eigenvalue weighted by atomic mass is 10.0. The molecule has 3 N–H and O–H groups in total. The van der Waals surface area contributed by atoms with Gasteiger partial charge in [-0.2, -0.15) is 13.2 Å². The predicted octanol–water partition coefficient (Wildman–Crippen LogP) is 5.58. The number of rotatable bonds is 11. The number of carbonyl (C=O) groups excluding carboxylic acids is 2. The van der Waals surface area contributed by atoms with Crippen molar-refractivity contribution in [3.63, 3.8) is 0 Å². The number of aliphatic hydroxyl groups is 1. The van der Waals surface area contributed by atoms with E-state index in [0.717, 1.165) is 34.8 Å². The van der Waals surface area contributed by atoms with Crippen LogP contribution in [0.3, 0.4) is 0 Å². The van der Waals surface area contributed by atoms with Crippen LogP contribution in [0.2, 0.25) is 0 Å². The maximum atomic E-state index is 13.6. The molecule has 0 aliphatic heterocycles. The van der Waals surface area contributed by atoms with Gasteiger partial charge in [0, 0.05) is 23.6 Å². The van der Waals surface area contributed by atoms with Crippen LogP contribution < -0.4 is 10.6 Å². The number of halogens is 5. The van der Waals surface area contributed by atoms with Gasteiger partial charge in [-0.1, -0.05) is 19.9 Å². The summed E-state index contributed by atoms with van der Waals surface area (Å²) in [5.74, 6) is -2.00. The molecule has 2 aromatic heterocycles. The fourth-order valence-corrected chi connectivity index (χ4v) is 4.83. The van der Waals surface area contributed by atoms with Crippen molar-refractivity contribution in [2.24, 2.45) is 0 Å². The molecule has 2 unspecified atom stereocenters. The summed E-state index contributed by atoms with van der Waals surface area (Å²) >= 11 is 1.96. The number of hydrogen-bond donors (Lipinski definition) is 3. The number of hydrogen-bond acceptors (Lipinski definition) is 7. The number of benzene rings is 1. The third kappa shape index (κ3) is 9.40. The Morgan fingerprint density at radius 2 is 1.92 bits per heavy atom. The molecule has 3 aromatic rings. The Hall–Kier alpha value is -2.97. The number of carbonyl (C=O) groups is 2. The third-order valence-electron chi connectivity index (χ3n) is 4.99. The molecule has 1 aromatic carbocycles. The van der Waals surface area contributed by atoms with Gasteiger partial charge >= 0.3 is 6.18 Å². The van der Waals surface area contributed by atoms with E-state index in [2.05, 4.69) is 20.6 Å². The summed E-state index contributed by atoms with van der Waals surface area (Å²) in [5, 5.41) is 17.3. The van der Waals surface area contributed by atoms with Gasteiger partial charge in [0.1, 0.15) is 33.5 Å². The fourth-order valence-electron chi connectivity index (χ4n) is 3.26. The first kappa shape index (κ1) is 31.2. The van der Waals surface area contributed by atoms with E-state index in [4.69, 9.17) is 0 Å². The first-order chi connectivity index (χ1) is 18.1. The molecule has 0 saturated heterocycles. The third-order valence-corrected chi connectivity index (χ3v) is 6.87. The van der Waals surface area contributed by atoms with Crippen LogP contribution in [0.4, 0.5) is 22.0 Å². The van der Waals surface area contributed by atoms with Gasteiger partial charge in [0.15, 0.2) is 0 Å². The van der Waals surface area contributed by atoms with Crippen LogP contribution in [0, 0.1) is 5.82 Å². The predicted molar refractivity (Wildman–Crippen MR) is 135 cm³/mol. The van der Waals surface area contributed by atoms with Gasteiger partial charge in [-0.3, -0.25) is 9.59 Å². The average Bonchev–Trinajstić information content (AvgIpc) is 3.60. The molecular formula is C24H27F5N4O3S2. The minimum absolute atomic E-state index is 0.0800. The molecule has 2 atom stereocenters. The Morgan fingerprint density at radius 3 is 2.55 bits per heavy atom. The summed E-state index contributed by atoms with van der Waals surface area (Å²) in [4.78, 5) is 32.9. The smallest absolute Gasteiger partial charge is 0.384 e. The van der Waals surface area contributed by atoms with Crippen LogP contribution >= 0.6 is 22.7 Å². The van der Waals surface area contributed by atoms with Crippen LogP contribution in [0.15, 0.2) is 36.0 Å². The van der Waals surface area contributed by atoms with Crippen LogP contribution in [0.1, 0.15) is 59.5 Å². The minimum Gasteiger partial charge on any atom is -0.384 e. The van der Waals surface area contributed by atoms with Gasteiger partial charge in [-0.05, 0) is 30.5 Å². The van der Waals surface area contributed by atoms with E-state index >= 15 is 0 Å². The number of aromatic nitrogens is 2. The highest BCUT2D eigenvalue weighted by molar-refractivity contribution is 7.16. The van der Waals surface area contributed by atoms with Crippen molar-refractivity contribution in [3.05, 3.63) is 57.2 Å². The van der Waals surface area contributed by atoms with Crippen molar-refractivity contribution < 1.29 is 36.6 Å². The standard InChI is InChI=1S/C22H21F5N4O3S2.C2H6/c23-9-12-3-4-13(24)8-14(12)20-30-10-16(36-20)19(34)29-11-17(32)31-15(2-1-5-22(25,26)27)18(33)21-28-6-7-35-21;1-2/h3-4,6-8,10,15,18,33H,1-2,5,9,11H2,(H,29,34)(H,31,32);1-2H3. The van der Waals surface area contributed by atoms with E-state index in [0.29, 0.717) is 0 Å². The van der Waals surface area contributed by atoms with E-state index in [1.165, 1.54) is 18.5 Å². The van der Waals surface area contributed by atoms with E-state index < -0.39 is 55.6 Å². The average molecular weight is 579 g/mol. The molecule has 0 fully saturated rings. The normalized spacial score (nSPS) is 12.7. The Balaban J connectivity index is 0.00000247. The highest BCUT2D eigenvalue weighted by atomic mass is 32.1. The molecule has 0 aliphatic rings. The van der Waals surface area contributed by atoms with Gasteiger partial charge in [0.25, 0.3) is 5.91 Å². The molecule has 14 heteroatoms. The Morgan fingerprint density at radius 1 is 1.18 bits per heavy atom. The molecule has 0 saturated carbocycles. The number of aliphatic hydroxyl groups excluding tert-OH is 1. The lowest BCUT2D eigenvalue weighted by Gasteiger charge is -2.23. The second kappa shape index (κ2) is 14.8. The monoisotopic (exact) mass is 578 g/mol. The maximum Gasteiger partial charge on any atom is 0.389 e. The summed E-state index contributed by atoms with van der Waals surface area (Å²) in [6, 6.07) is 2.45. The zero-order valence-corrected chi connectivity index (χ0v) is 22.2. The highest BCUT2D eigenvalue weighted by Gasteiger charge is 2.30. The Kier molecular flexibility index (Phi) is 12.2. The Labute approximate surface area is 224 Å². The van der Waals surface area contributed by atoms with Crippen LogP contribution in [0.25, 0.3) is 10.6 Å². The quantitative estimate of drug-likeness (QED) is 0.258. The van der Waals surface area contributed by atoms with Crippen molar-refractivity contribution in [2.75, 3.05) is 6.54 Å². The number of nitrogens with zero attached hydrogens (tertiary/aromatic N) is 2. The summed E-state index contributed by atoms with van der Waals surface area (Å²) < 4.78 is 64.4. The van der Waals surface area contributed by atoms with Gasteiger partial charge in [0.05, 0.1) is 18.8 Å². The lowest BCUT2D eigenvalue weighted by Crippen LogP contribution is -2.44. The summed E-state index contributed by atoms with van der Waals surface area (Å²) in [6.07, 6.45) is -4.65. The largest absolute Gasteiger partial charge is 0.389 e. The first-order valence-electron chi connectivity index (χ1n) is 11.6. The van der Waals surface area contributed by atoms with Crippen LogP contribution in [-0.2, 0) is 11.5 Å². The topological polar surface area (TPSA) is 104 Å². The van der Waals surface area contributed by atoms with Gasteiger partial charge in [-0.25, -0.2) is 18.7 Å². The second-order valence-corrected chi connectivity index (χ2v) is 9.60. The number of alkyl halides is 4. The molecule has 208 valence electrons. The first-order valence-corrected chi connectivity index (χ1v) is 13.3. The SMILES string of the molecule is CC.O=C(CNC(=O)c1cnc(-c2cc(F)ccc2CF)s1)NC(CCCC(F)(F)F)C(O)c1nccs1. The molecule has 0 spiro atoms. The van der Waals surface area contributed by atoms with Gasteiger partial charge in [-0.15, -0.1) is 22.7 Å². The summed E-state index contributed by atoms with van der Waals surface area (Å²) in [7, 11) is 0. The second-order valence-electron chi connectivity index (χ2n) is 7.64. The number of amides is 2. The maximum absolute atomic E-state index is 13.6. The summed E-state index contributed by atoms with van der Waals surface area (Å²) in [6.45, 7) is 2.62. The fraction of sp³-hybridized carbons (Fsp3) is 0.417. The van der Waals surface area contributed by atoms with Crippen LogP contribution in [-0.4, -0.2) is 45.7 Å². The highest BCUT2D eigenvalue weighted by Crippen LogP contribution is 2.30. The molecular weight excluding hydrogens is 551 g/mol. The zero-order chi connectivity index (χ0) is 28.3. The summed E-state index contributed by atoms with van der Waals surface area (Å²) in [5.41, 5.74) is 0.407. The Bertz CT molecular complexity index is 1170. The van der Waals surface area contributed by atoms with Crippen LogP contribution in [0.5, 0.6) is 0 Å². The number of thiazole rings is 2. The van der Waals surface area contributed by atoms with Gasteiger partial charge < -0.3 is 15.7 Å². The van der Waals surface area contributed by atoms with Crippen molar-refractivity contribution in [2.45, 2.75) is 58.1 Å². The molecule has 7 nitrogen and oxygen atoms in total. The molecule has 0 bridgehead atoms.